The molecule has 1 saturated carbocycles. The normalized spacial score (nSPS) is 17.1. The largest absolute Gasteiger partial charge is 0.493 e. The molecule has 0 aliphatic heterocycles. The first-order chi connectivity index (χ1) is 14.3. The van der Waals surface area contributed by atoms with Crippen LogP contribution in [-0.2, 0) is 16.6 Å². The van der Waals surface area contributed by atoms with Crippen LogP contribution in [0.2, 0.25) is 0 Å². The van der Waals surface area contributed by atoms with E-state index in [-0.39, 0.29) is 17.5 Å². The third-order valence-corrected chi connectivity index (χ3v) is 7.19. The first kappa shape index (κ1) is 22.6. The van der Waals surface area contributed by atoms with Crippen molar-refractivity contribution in [3.8, 4) is 11.5 Å². The van der Waals surface area contributed by atoms with Gasteiger partial charge in [-0.3, -0.25) is 0 Å². The van der Waals surface area contributed by atoms with Crippen LogP contribution in [0.25, 0.3) is 0 Å². The molecule has 0 unspecified atom stereocenters. The van der Waals surface area contributed by atoms with Crippen molar-refractivity contribution in [1.82, 2.24) is 4.31 Å². The summed E-state index contributed by atoms with van der Waals surface area (Å²) >= 11 is 0. The molecule has 0 amide bonds. The number of ether oxygens (including phenoxy) is 2. The summed E-state index contributed by atoms with van der Waals surface area (Å²) in [4.78, 5) is 0.0447. The quantitative estimate of drug-likeness (QED) is 0.589. The molecule has 1 aliphatic rings. The first-order valence-corrected chi connectivity index (χ1v) is 11.6. The molecule has 0 aromatic heterocycles. The molecule has 30 heavy (non-hydrogen) atoms. The van der Waals surface area contributed by atoms with E-state index in [1.165, 1.54) is 26.2 Å². The van der Waals surface area contributed by atoms with Gasteiger partial charge in [0, 0.05) is 12.6 Å². The van der Waals surface area contributed by atoms with Gasteiger partial charge in [-0.15, -0.1) is 0 Å². The van der Waals surface area contributed by atoms with Crippen molar-refractivity contribution in [3.63, 3.8) is 0 Å². The van der Waals surface area contributed by atoms with Crippen molar-refractivity contribution >= 4 is 10.0 Å². The van der Waals surface area contributed by atoms with Crippen molar-refractivity contribution in [2.45, 2.75) is 62.4 Å². The molecular weight excluding hydrogens is 404 g/mol. The van der Waals surface area contributed by atoms with E-state index in [0.29, 0.717) is 11.5 Å². The van der Waals surface area contributed by atoms with Crippen molar-refractivity contribution in [2.24, 2.45) is 5.73 Å². The lowest BCUT2D eigenvalue weighted by molar-refractivity contribution is 0.105. The third-order valence-electron chi connectivity index (χ3n) is 5.35. The van der Waals surface area contributed by atoms with Gasteiger partial charge in [0.2, 0.25) is 10.0 Å². The van der Waals surface area contributed by atoms with Crippen LogP contribution >= 0.6 is 0 Å². The van der Waals surface area contributed by atoms with Gasteiger partial charge in [-0.2, -0.15) is 4.31 Å². The number of methoxy groups -OCH3 is 1. The number of rotatable bonds is 9. The predicted molar refractivity (Wildman–Crippen MR) is 115 cm³/mol. The monoisotopic (exact) mass is 434 g/mol. The zero-order chi connectivity index (χ0) is 21.7. The summed E-state index contributed by atoms with van der Waals surface area (Å²) in [6.45, 7) is 1.51. The van der Waals surface area contributed by atoms with Gasteiger partial charge in [0.05, 0.1) is 30.4 Å². The maximum Gasteiger partial charge on any atom is 0.244 e. The van der Waals surface area contributed by atoms with E-state index in [4.69, 9.17) is 15.2 Å². The Morgan fingerprint density at radius 1 is 1.13 bits per heavy atom. The van der Waals surface area contributed by atoms with Crippen LogP contribution in [0.1, 0.15) is 38.2 Å². The maximum atomic E-state index is 13.5. The Hall–Kier alpha value is -2.13. The number of nitrogens with two attached hydrogens (primary N) is 1. The topological polar surface area (TPSA) is 102 Å². The number of aliphatic hydroxyl groups is 1. The van der Waals surface area contributed by atoms with E-state index in [9.17, 15) is 13.5 Å². The summed E-state index contributed by atoms with van der Waals surface area (Å²) in [5.41, 5.74) is 6.87. The highest BCUT2D eigenvalue weighted by Crippen LogP contribution is 2.35. The fraction of sp³-hybridized carbons (Fsp3) is 0.455. The minimum Gasteiger partial charge on any atom is -0.493 e. The Labute approximate surface area is 178 Å². The molecule has 1 aliphatic carbocycles. The smallest absolute Gasteiger partial charge is 0.244 e. The van der Waals surface area contributed by atoms with Gasteiger partial charge in [0.15, 0.2) is 11.5 Å². The highest BCUT2D eigenvalue weighted by Gasteiger charge is 2.33. The fourth-order valence-electron chi connectivity index (χ4n) is 3.59. The van der Waals surface area contributed by atoms with Crippen LogP contribution in [0, 0.1) is 0 Å². The molecule has 0 heterocycles. The molecule has 2 atom stereocenters. The van der Waals surface area contributed by atoms with Crippen LogP contribution < -0.4 is 15.2 Å². The first-order valence-electron chi connectivity index (χ1n) is 10.2. The molecule has 0 radical (unpaired) electrons. The molecule has 164 valence electrons. The molecule has 2 aromatic rings. The lowest BCUT2D eigenvalue weighted by Crippen LogP contribution is -2.51. The molecule has 2 aromatic carbocycles. The highest BCUT2D eigenvalue weighted by molar-refractivity contribution is 7.89. The molecule has 3 rings (SSSR count). The second-order valence-electron chi connectivity index (χ2n) is 7.60. The minimum atomic E-state index is -4.01. The molecule has 0 spiro atoms. The summed E-state index contributed by atoms with van der Waals surface area (Å²) in [6.07, 6.45) is 1.97. The van der Waals surface area contributed by atoms with Crippen LogP contribution in [0.15, 0.2) is 53.4 Å². The van der Waals surface area contributed by atoms with Crippen molar-refractivity contribution in [2.75, 3.05) is 7.11 Å². The number of aliphatic hydroxyl groups excluding tert-OH is 1. The Morgan fingerprint density at radius 3 is 2.40 bits per heavy atom. The van der Waals surface area contributed by atoms with Crippen molar-refractivity contribution in [1.29, 1.82) is 0 Å². The van der Waals surface area contributed by atoms with Crippen molar-refractivity contribution in [3.05, 3.63) is 54.1 Å². The Kier molecular flexibility index (Phi) is 7.36. The molecule has 0 bridgehead atoms. The molecule has 1 fully saturated rings. The zero-order valence-corrected chi connectivity index (χ0v) is 18.2. The third kappa shape index (κ3) is 5.13. The van der Waals surface area contributed by atoms with Crippen LogP contribution in [0.4, 0.5) is 0 Å². The SMILES string of the molecule is COc1ccc(S(=O)(=O)N(Cc2ccccc2)[C@H](N)[C@@H](C)O)cc1OC1CCCC1. The van der Waals surface area contributed by atoms with Gasteiger partial charge < -0.3 is 20.3 Å². The van der Waals surface area contributed by atoms with Crippen LogP contribution in [-0.4, -0.2) is 43.3 Å². The molecule has 8 heteroatoms. The second kappa shape index (κ2) is 9.78. The van der Waals surface area contributed by atoms with Gasteiger partial charge in [-0.05, 0) is 50.3 Å². The predicted octanol–water partition coefficient (Wildman–Crippen LogP) is 2.87. The standard InChI is InChI=1S/C22H30N2O5S/c1-16(25)22(23)24(15-17-8-4-3-5-9-17)30(26,27)19-12-13-20(28-2)21(14-19)29-18-10-6-7-11-18/h3-5,8-9,12-14,16,18,22,25H,6-7,10-11,15,23H2,1-2H3/t16-,22+/m1/s1. The average molecular weight is 435 g/mol. The van der Waals surface area contributed by atoms with E-state index in [2.05, 4.69) is 0 Å². The fourth-order valence-corrected chi connectivity index (χ4v) is 5.17. The van der Waals surface area contributed by atoms with Crippen LogP contribution in [0.5, 0.6) is 11.5 Å². The minimum absolute atomic E-state index is 0.0418. The molecule has 7 nitrogen and oxygen atoms in total. The lowest BCUT2D eigenvalue weighted by Gasteiger charge is -2.30. The van der Waals surface area contributed by atoms with E-state index >= 15 is 0 Å². The Morgan fingerprint density at radius 2 is 1.80 bits per heavy atom. The average Bonchev–Trinajstić information content (AvgIpc) is 3.25. The zero-order valence-electron chi connectivity index (χ0n) is 17.4. The van der Waals surface area contributed by atoms with Gasteiger partial charge in [0.25, 0.3) is 0 Å². The number of hydrogen-bond donors (Lipinski definition) is 2. The summed E-state index contributed by atoms with van der Waals surface area (Å²) in [5, 5.41) is 10.0. The number of benzene rings is 2. The summed E-state index contributed by atoms with van der Waals surface area (Å²) < 4.78 is 39.6. The van der Waals surface area contributed by atoms with E-state index in [0.717, 1.165) is 35.6 Å². The highest BCUT2D eigenvalue weighted by atomic mass is 32.2. The van der Waals surface area contributed by atoms with Crippen LogP contribution in [0.3, 0.4) is 0 Å². The van der Waals surface area contributed by atoms with E-state index in [1.807, 2.05) is 30.3 Å². The van der Waals surface area contributed by atoms with Crippen molar-refractivity contribution < 1.29 is 23.0 Å². The van der Waals surface area contributed by atoms with Gasteiger partial charge in [-0.1, -0.05) is 30.3 Å². The Bertz CT molecular complexity index is 928. The van der Waals surface area contributed by atoms with E-state index < -0.39 is 22.3 Å². The number of hydrogen-bond acceptors (Lipinski definition) is 6. The lowest BCUT2D eigenvalue weighted by atomic mass is 10.2. The summed E-state index contributed by atoms with van der Waals surface area (Å²) in [7, 11) is -2.49. The Balaban J connectivity index is 1.96. The molecular formula is C22H30N2O5S. The van der Waals surface area contributed by atoms with Gasteiger partial charge in [-0.25, -0.2) is 8.42 Å². The van der Waals surface area contributed by atoms with Gasteiger partial charge in [0.1, 0.15) is 0 Å². The summed E-state index contributed by atoms with van der Waals surface area (Å²) in [5.74, 6) is 0.881. The second-order valence-corrected chi connectivity index (χ2v) is 9.49. The number of nitrogens with zero attached hydrogens (tertiary/aromatic N) is 1. The summed E-state index contributed by atoms with van der Waals surface area (Å²) in [6, 6.07) is 13.7. The van der Waals surface area contributed by atoms with E-state index in [1.54, 1.807) is 6.07 Å². The van der Waals surface area contributed by atoms with Gasteiger partial charge >= 0.3 is 0 Å². The number of sulfonamides is 1. The molecule has 3 N–H and O–H groups in total. The molecule has 0 saturated heterocycles. The maximum absolute atomic E-state index is 13.5.